The van der Waals surface area contributed by atoms with Crippen LogP contribution in [0.25, 0.3) is 11.0 Å². The maximum atomic E-state index is 12.8. The van der Waals surface area contributed by atoms with Gasteiger partial charge in [0.25, 0.3) is 0 Å². The van der Waals surface area contributed by atoms with Gasteiger partial charge in [0.2, 0.25) is 11.8 Å². The number of thioether (sulfide) groups is 1. The van der Waals surface area contributed by atoms with Gasteiger partial charge in [0.05, 0.1) is 24.0 Å². The molecule has 1 fully saturated rings. The molecule has 2 amide bonds. The lowest BCUT2D eigenvalue weighted by Crippen LogP contribution is -2.35. The highest BCUT2D eigenvalue weighted by Gasteiger charge is 2.35. The topological polar surface area (TPSA) is 105 Å². The number of aromatic nitrogens is 4. The molecule has 1 aliphatic rings. The number of hydrogen-bond donors (Lipinski definition) is 2. The van der Waals surface area contributed by atoms with Gasteiger partial charge in [-0.1, -0.05) is 31.7 Å². The van der Waals surface area contributed by atoms with Crippen LogP contribution in [-0.2, 0) is 16.1 Å². The van der Waals surface area contributed by atoms with Crippen LogP contribution in [0.5, 0.6) is 0 Å². The molecule has 2 aromatic heterocycles. The number of amides is 2. The van der Waals surface area contributed by atoms with Crippen molar-refractivity contribution in [2.45, 2.75) is 45.8 Å². The largest absolute Gasteiger partial charge is 0.369 e. The van der Waals surface area contributed by atoms with Crippen molar-refractivity contribution in [2.75, 3.05) is 36.1 Å². The molecular weight excluding hydrogens is 462 g/mol. The van der Waals surface area contributed by atoms with Crippen LogP contribution in [0.1, 0.15) is 31.4 Å². The molecule has 10 heteroatoms. The van der Waals surface area contributed by atoms with Gasteiger partial charge in [0.15, 0.2) is 10.8 Å². The smallest absolute Gasteiger partial charge is 0.227 e. The molecule has 2 N–H and O–H groups in total. The van der Waals surface area contributed by atoms with Gasteiger partial charge in [0.1, 0.15) is 5.82 Å². The van der Waals surface area contributed by atoms with Gasteiger partial charge in [-0.25, -0.2) is 14.6 Å². The van der Waals surface area contributed by atoms with Gasteiger partial charge < -0.3 is 15.5 Å². The van der Waals surface area contributed by atoms with Crippen LogP contribution in [0.2, 0.25) is 0 Å². The summed E-state index contributed by atoms with van der Waals surface area (Å²) in [6, 6.07) is 5.96. The SMILES string of the molecule is CSc1nc(NCC(C)C)c2cnn(CCNC(=O)C3CC(=O)N(c4ccc(C)c(C)c4)C3)c2n1. The molecule has 1 unspecified atom stereocenters. The first-order valence-corrected chi connectivity index (χ1v) is 13.2. The van der Waals surface area contributed by atoms with Crippen molar-refractivity contribution in [3.8, 4) is 0 Å². The number of nitrogens with zero attached hydrogens (tertiary/aromatic N) is 5. The van der Waals surface area contributed by atoms with E-state index in [9.17, 15) is 9.59 Å². The zero-order valence-electron chi connectivity index (χ0n) is 21.0. The summed E-state index contributed by atoms with van der Waals surface area (Å²) >= 11 is 1.48. The second-order valence-corrected chi connectivity index (χ2v) is 10.2. The van der Waals surface area contributed by atoms with Gasteiger partial charge in [-0.15, -0.1) is 0 Å². The Labute approximate surface area is 210 Å². The normalized spacial score (nSPS) is 15.9. The molecule has 3 aromatic rings. The van der Waals surface area contributed by atoms with Crippen LogP contribution in [0.3, 0.4) is 0 Å². The highest BCUT2D eigenvalue weighted by atomic mass is 32.2. The van der Waals surface area contributed by atoms with E-state index in [1.807, 2.05) is 38.3 Å². The van der Waals surface area contributed by atoms with Crippen LogP contribution in [0.4, 0.5) is 11.5 Å². The van der Waals surface area contributed by atoms with Crippen molar-refractivity contribution < 1.29 is 9.59 Å². The van der Waals surface area contributed by atoms with E-state index in [4.69, 9.17) is 0 Å². The molecule has 186 valence electrons. The van der Waals surface area contributed by atoms with Crippen molar-refractivity contribution in [3.05, 3.63) is 35.5 Å². The maximum absolute atomic E-state index is 12.8. The molecular formula is C25H33N7O2S. The number of rotatable bonds is 9. The Morgan fingerprint density at radius 2 is 2.03 bits per heavy atom. The van der Waals surface area contributed by atoms with Crippen molar-refractivity contribution in [2.24, 2.45) is 11.8 Å². The Morgan fingerprint density at radius 1 is 1.23 bits per heavy atom. The summed E-state index contributed by atoms with van der Waals surface area (Å²) in [4.78, 5) is 36.4. The Bertz CT molecular complexity index is 1240. The first-order chi connectivity index (χ1) is 16.8. The first kappa shape index (κ1) is 25.0. The molecule has 0 radical (unpaired) electrons. The maximum Gasteiger partial charge on any atom is 0.227 e. The minimum absolute atomic E-state index is 0.0193. The lowest BCUT2D eigenvalue weighted by Gasteiger charge is -2.18. The third kappa shape index (κ3) is 5.58. The van der Waals surface area contributed by atoms with Crippen molar-refractivity contribution in [1.82, 2.24) is 25.1 Å². The third-order valence-corrected chi connectivity index (χ3v) is 6.80. The summed E-state index contributed by atoms with van der Waals surface area (Å²) in [6.07, 6.45) is 3.93. The van der Waals surface area contributed by atoms with Crippen LogP contribution < -0.4 is 15.5 Å². The fourth-order valence-electron chi connectivity index (χ4n) is 4.08. The zero-order valence-corrected chi connectivity index (χ0v) is 21.8. The van der Waals surface area contributed by atoms with E-state index in [1.54, 1.807) is 15.8 Å². The summed E-state index contributed by atoms with van der Waals surface area (Å²) in [5.74, 6) is 0.764. The van der Waals surface area contributed by atoms with Crippen molar-refractivity contribution >= 4 is 46.1 Å². The molecule has 35 heavy (non-hydrogen) atoms. The summed E-state index contributed by atoms with van der Waals surface area (Å²) in [6.45, 7) is 10.4. The highest BCUT2D eigenvalue weighted by Crippen LogP contribution is 2.27. The molecule has 1 aromatic carbocycles. The summed E-state index contributed by atoms with van der Waals surface area (Å²) < 4.78 is 1.79. The van der Waals surface area contributed by atoms with E-state index in [-0.39, 0.29) is 24.2 Å². The van der Waals surface area contributed by atoms with Crippen LogP contribution in [0.15, 0.2) is 29.6 Å². The predicted octanol–water partition coefficient (Wildman–Crippen LogP) is 3.40. The minimum Gasteiger partial charge on any atom is -0.369 e. The van der Waals surface area contributed by atoms with E-state index < -0.39 is 0 Å². The molecule has 1 saturated heterocycles. The first-order valence-electron chi connectivity index (χ1n) is 11.9. The van der Waals surface area contributed by atoms with Crippen molar-refractivity contribution in [1.29, 1.82) is 0 Å². The monoisotopic (exact) mass is 495 g/mol. The van der Waals surface area contributed by atoms with E-state index in [0.29, 0.717) is 30.7 Å². The second-order valence-electron chi connectivity index (χ2n) is 9.40. The number of benzene rings is 1. The predicted molar refractivity (Wildman–Crippen MR) is 140 cm³/mol. The third-order valence-electron chi connectivity index (χ3n) is 6.26. The number of hydrogen-bond acceptors (Lipinski definition) is 7. The van der Waals surface area contributed by atoms with E-state index in [1.165, 1.54) is 17.3 Å². The second kappa shape index (κ2) is 10.6. The Balaban J connectivity index is 1.38. The van der Waals surface area contributed by atoms with E-state index >= 15 is 0 Å². The van der Waals surface area contributed by atoms with Crippen LogP contribution in [0, 0.1) is 25.7 Å². The molecule has 1 atom stereocenters. The molecule has 9 nitrogen and oxygen atoms in total. The molecule has 1 aliphatic heterocycles. The number of anilines is 2. The number of carbonyl (C=O) groups excluding carboxylic acids is 2. The number of nitrogens with one attached hydrogen (secondary N) is 2. The van der Waals surface area contributed by atoms with Gasteiger partial charge in [-0.3, -0.25) is 9.59 Å². The lowest BCUT2D eigenvalue weighted by atomic mass is 10.1. The fourth-order valence-corrected chi connectivity index (χ4v) is 4.44. The number of carbonyl (C=O) groups is 2. The summed E-state index contributed by atoms with van der Waals surface area (Å²) in [5, 5.41) is 12.4. The molecule has 0 spiro atoms. The van der Waals surface area contributed by atoms with Gasteiger partial charge >= 0.3 is 0 Å². The average molecular weight is 496 g/mol. The Morgan fingerprint density at radius 3 is 2.74 bits per heavy atom. The van der Waals surface area contributed by atoms with E-state index in [0.717, 1.165) is 34.6 Å². The van der Waals surface area contributed by atoms with Crippen LogP contribution in [-0.4, -0.2) is 57.5 Å². The van der Waals surface area contributed by atoms with Gasteiger partial charge in [-0.2, -0.15) is 5.10 Å². The fraction of sp³-hybridized carbons (Fsp3) is 0.480. The highest BCUT2D eigenvalue weighted by molar-refractivity contribution is 7.98. The van der Waals surface area contributed by atoms with Crippen LogP contribution >= 0.6 is 11.8 Å². The molecule has 4 rings (SSSR count). The Hall–Kier alpha value is -3.14. The number of fused-ring (bicyclic) bond motifs is 1. The standard InChI is InChI=1S/C25H33N7O2S/c1-15(2)12-27-22-20-13-28-32(23(20)30-25(29-22)35-5)9-8-26-24(34)18-11-21(33)31(14-18)19-7-6-16(3)17(4)10-19/h6-7,10,13,15,18H,8-9,11-12,14H2,1-5H3,(H,26,34)(H,27,29,30). The lowest BCUT2D eigenvalue weighted by molar-refractivity contribution is -0.126. The molecule has 3 heterocycles. The average Bonchev–Trinajstić information content (AvgIpc) is 3.42. The minimum atomic E-state index is -0.365. The van der Waals surface area contributed by atoms with E-state index in [2.05, 4.69) is 39.5 Å². The summed E-state index contributed by atoms with van der Waals surface area (Å²) in [7, 11) is 0. The van der Waals surface area contributed by atoms with Gasteiger partial charge in [-0.05, 0) is 49.3 Å². The summed E-state index contributed by atoms with van der Waals surface area (Å²) in [5.41, 5.74) is 3.90. The van der Waals surface area contributed by atoms with Crippen molar-refractivity contribution in [3.63, 3.8) is 0 Å². The van der Waals surface area contributed by atoms with Gasteiger partial charge in [0, 0.05) is 31.7 Å². The quantitative estimate of drug-likeness (QED) is 0.346. The molecule has 0 bridgehead atoms. The number of aryl methyl sites for hydroxylation is 2. The molecule has 0 aliphatic carbocycles. The Kier molecular flexibility index (Phi) is 7.59. The zero-order chi connectivity index (χ0) is 25.1. The molecule has 0 saturated carbocycles.